The van der Waals surface area contributed by atoms with E-state index in [1.807, 2.05) is 6.92 Å². The van der Waals surface area contributed by atoms with Crippen LogP contribution in [-0.2, 0) is 6.54 Å². The first kappa shape index (κ1) is 12.2. The number of allylic oxidation sites excluding steroid dienone is 1. The predicted octanol–water partition coefficient (Wildman–Crippen LogP) is 0.466. The Morgan fingerprint density at radius 2 is 2.56 bits per heavy atom. The molecule has 0 bridgehead atoms. The third kappa shape index (κ3) is 2.71. The first-order valence-electron chi connectivity index (χ1n) is 5.66. The van der Waals surface area contributed by atoms with E-state index >= 15 is 0 Å². The van der Waals surface area contributed by atoms with Gasteiger partial charge in [0.1, 0.15) is 12.4 Å². The summed E-state index contributed by atoms with van der Waals surface area (Å²) in [5.41, 5.74) is 6.55. The van der Waals surface area contributed by atoms with E-state index in [2.05, 4.69) is 16.9 Å². The molecule has 6 heteroatoms. The molecule has 0 saturated carbocycles. The number of rotatable bonds is 4. The average Bonchev–Trinajstić information content (AvgIpc) is 2.74. The van der Waals surface area contributed by atoms with E-state index in [0.29, 0.717) is 24.7 Å². The number of nitrogens with one attached hydrogen (secondary N) is 1. The van der Waals surface area contributed by atoms with Gasteiger partial charge in [-0.2, -0.15) is 4.98 Å². The van der Waals surface area contributed by atoms with Crippen LogP contribution < -0.4 is 21.5 Å². The van der Waals surface area contributed by atoms with Crippen molar-refractivity contribution in [2.45, 2.75) is 13.5 Å². The molecule has 18 heavy (non-hydrogen) atoms. The minimum atomic E-state index is -0.294. The third-order valence-corrected chi connectivity index (χ3v) is 2.51. The number of nitrogens with two attached hydrogens (primary N) is 1. The van der Waals surface area contributed by atoms with Gasteiger partial charge in [0.05, 0.1) is 0 Å². The van der Waals surface area contributed by atoms with Gasteiger partial charge in [-0.15, -0.1) is 0 Å². The van der Waals surface area contributed by atoms with Crippen LogP contribution in [0, 0.1) is 0 Å². The van der Waals surface area contributed by atoms with Gasteiger partial charge in [-0.3, -0.25) is 4.57 Å². The summed E-state index contributed by atoms with van der Waals surface area (Å²) in [7, 11) is 0. The van der Waals surface area contributed by atoms with Gasteiger partial charge < -0.3 is 15.8 Å². The van der Waals surface area contributed by atoms with Crippen LogP contribution in [0.3, 0.4) is 0 Å². The maximum Gasteiger partial charge on any atom is 0.352 e. The molecule has 0 spiro atoms. The van der Waals surface area contributed by atoms with Gasteiger partial charge in [0.25, 0.3) is 0 Å². The first-order valence-corrected chi connectivity index (χ1v) is 5.66. The Balaban J connectivity index is 2.09. The molecular formula is C12H16N4O2. The van der Waals surface area contributed by atoms with Gasteiger partial charge in [-0.05, 0) is 18.6 Å². The summed E-state index contributed by atoms with van der Waals surface area (Å²) in [6, 6.07) is 1.72. The van der Waals surface area contributed by atoms with Crippen molar-refractivity contribution in [2.24, 2.45) is 5.73 Å². The summed E-state index contributed by atoms with van der Waals surface area (Å²) in [5, 5.41) is 3.10. The van der Waals surface area contributed by atoms with Crippen molar-refractivity contribution in [2.75, 3.05) is 18.5 Å². The molecule has 1 aromatic heterocycles. The molecule has 6 nitrogen and oxygen atoms in total. The maximum atomic E-state index is 11.6. The van der Waals surface area contributed by atoms with Crippen LogP contribution in [0.25, 0.3) is 0 Å². The number of fused-ring (bicyclic) bond motifs is 1. The van der Waals surface area contributed by atoms with Crippen molar-refractivity contribution < 1.29 is 4.74 Å². The highest BCUT2D eigenvalue weighted by Crippen LogP contribution is 2.16. The van der Waals surface area contributed by atoms with Gasteiger partial charge in [-0.1, -0.05) is 6.58 Å². The number of anilines is 1. The van der Waals surface area contributed by atoms with Crippen LogP contribution >= 0.6 is 0 Å². The molecule has 0 aromatic carbocycles. The summed E-state index contributed by atoms with van der Waals surface area (Å²) >= 11 is 0. The smallest absolute Gasteiger partial charge is 0.352 e. The molecular weight excluding hydrogens is 232 g/mol. The molecule has 0 atom stereocenters. The van der Waals surface area contributed by atoms with Crippen molar-refractivity contribution in [1.82, 2.24) is 9.55 Å². The van der Waals surface area contributed by atoms with Crippen molar-refractivity contribution in [3.63, 3.8) is 0 Å². The Hall–Kier alpha value is -2.24. The fourth-order valence-electron chi connectivity index (χ4n) is 1.76. The second-order valence-corrected chi connectivity index (χ2v) is 4.19. The van der Waals surface area contributed by atoms with E-state index < -0.39 is 0 Å². The van der Waals surface area contributed by atoms with E-state index in [4.69, 9.17) is 10.5 Å². The molecule has 1 aliphatic heterocycles. The van der Waals surface area contributed by atoms with Gasteiger partial charge in [0.2, 0.25) is 5.88 Å². The third-order valence-electron chi connectivity index (χ3n) is 2.51. The van der Waals surface area contributed by atoms with Crippen LogP contribution in [-0.4, -0.2) is 22.7 Å². The number of hydrogen-bond acceptors (Lipinski definition) is 5. The summed E-state index contributed by atoms with van der Waals surface area (Å²) in [6.07, 6.45) is 1.72. The molecule has 2 rings (SSSR count). The fourth-order valence-corrected chi connectivity index (χ4v) is 1.76. The van der Waals surface area contributed by atoms with Crippen molar-refractivity contribution in [3.05, 3.63) is 40.5 Å². The van der Waals surface area contributed by atoms with Crippen LogP contribution in [0.1, 0.15) is 6.92 Å². The highest BCUT2D eigenvalue weighted by Gasteiger charge is 2.13. The Labute approximate surface area is 105 Å². The lowest BCUT2D eigenvalue weighted by atomic mass is 10.3. The maximum absolute atomic E-state index is 11.6. The lowest BCUT2D eigenvalue weighted by molar-refractivity contribution is 0.335. The molecule has 0 aliphatic carbocycles. The van der Waals surface area contributed by atoms with Gasteiger partial charge in [-0.25, -0.2) is 4.79 Å². The lowest BCUT2D eigenvalue weighted by Crippen LogP contribution is -2.21. The zero-order chi connectivity index (χ0) is 13.1. The van der Waals surface area contributed by atoms with Crippen molar-refractivity contribution in [1.29, 1.82) is 0 Å². The van der Waals surface area contributed by atoms with E-state index in [9.17, 15) is 4.79 Å². The molecule has 2 heterocycles. The molecule has 1 aliphatic rings. The fraction of sp³-hybridized carbons (Fsp3) is 0.333. The highest BCUT2D eigenvalue weighted by molar-refractivity contribution is 5.41. The largest absolute Gasteiger partial charge is 0.473 e. The zero-order valence-electron chi connectivity index (χ0n) is 10.3. The molecule has 0 fully saturated rings. The molecule has 0 amide bonds. The van der Waals surface area contributed by atoms with Gasteiger partial charge >= 0.3 is 5.69 Å². The normalized spacial score (nSPS) is 13.9. The molecule has 1 aromatic rings. The molecule has 0 saturated heterocycles. The van der Waals surface area contributed by atoms with Crippen molar-refractivity contribution >= 4 is 5.82 Å². The van der Waals surface area contributed by atoms with Gasteiger partial charge in [0.15, 0.2) is 0 Å². The second kappa shape index (κ2) is 4.95. The minimum absolute atomic E-state index is 0.294. The summed E-state index contributed by atoms with van der Waals surface area (Å²) in [4.78, 5) is 15.5. The first-order chi connectivity index (χ1) is 8.56. The second-order valence-electron chi connectivity index (χ2n) is 4.19. The highest BCUT2D eigenvalue weighted by atomic mass is 16.5. The Bertz CT molecular complexity index is 560. The Morgan fingerprint density at radius 1 is 1.78 bits per heavy atom. The number of hydrogen-bond donors (Lipinski definition) is 2. The summed E-state index contributed by atoms with van der Waals surface area (Å²) < 4.78 is 7.03. The van der Waals surface area contributed by atoms with E-state index in [0.717, 1.165) is 17.9 Å². The average molecular weight is 248 g/mol. The quantitative estimate of drug-likeness (QED) is 0.757. The lowest BCUT2D eigenvalue weighted by Gasteiger charge is -2.07. The summed E-state index contributed by atoms with van der Waals surface area (Å²) in [6.45, 7) is 7.16. The van der Waals surface area contributed by atoms with Crippen molar-refractivity contribution in [3.8, 4) is 5.88 Å². The summed E-state index contributed by atoms with van der Waals surface area (Å²) in [5.74, 6) is 1.06. The van der Waals surface area contributed by atoms with Crippen LogP contribution in [0.15, 0.2) is 34.8 Å². The van der Waals surface area contributed by atoms with E-state index in [-0.39, 0.29) is 5.69 Å². The van der Waals surface area contributed by atoms with Crippen LogP contribution in [0.4, 0.5) is 5.82 Å². The number of nitrogens with zero attached hydrogens (tertiary/aromatic N) is 2. The predicted molar refractivity (Wildman–Crippen MR) is 69.6 cm³/mol. The number of ether oxygens (including phenoxy) is 1. The van der Waals surface area contributed by atoms with Crippen LogP contribution in [0.2, 0.25) is 0 Å². The standard InChI is InChI=1S/C12H16N4O2/c1-8(5-9(2)13)7-18-11-6-10-14-3-4-16(10)12(17)15-11/h5-6,14H,2-4,7,13H2,1H3/b8-5+. The number of aromatic nitrogens is 2. The molecule has 0 unspecified atom stereocenters. The molecule has 0 radical (unpaired) electrons. The van der Waals surface area contributed by atoms with Gasteiger partial charge in [0, 0.05) is 24.9 Å². The molecule has 96 valence electrons. The van der Waals surface area contributed by atoms with E-state index in [1.54, 1.807) is 16.7 Å². The molecule has 3 N–H and O–H groups in total. The monoisotopic (exact) mass is 248 g/mol. The zero-order valence-corrected chi connectivity index (χ0v) is 10.3. The van der Waals surface area contributed by atoms with E-state index in [1.165, 1.54) is 0 Å². The van der Waals surface area contributed by atoms with Crippen LogP contribution in [0.5, 0.6) is 5.88 Å². The Kier molecular flexibility index (Phi) is 3.36. The Morgan fingerprint density at radius 3 is 3.28 bits per heavy atom. The SMILES string of the molecule is C=C(N)/C=C(\C)COc1cc2n(c(=O)n1)CCN2. The topological polar surface area (TPSA) is 82.2 Å². The minimum Gasteiger partial charge on any atom is -0.473 e.